The molecule has 2 amide bonds. The maximum Gasteiger partial charge on any atom is 0.261 e. The summed E-state index contributed by atoms with van der Waals surface area (Å²) in [6.07, 6.45) is 4.40. The van der Waals surface area contributed by atoms with E-state index >= 15 is 0 Å². The molecule has 0 saturated carbocycles. The molecule has 1 aliphatic rings. The van der Waals surface area contributed by atoms with E-state index in [1.807, 2.05) is 12.1 Å². The molecular weight excluding hydrogens is 392 g/mol. The van der Waals surface area contributed by atoms with Crippen LogP contribution >= 0.6 is 11.3 Å². The summed E-state index contributed by atoms with van der Waals surface area (Å²) in [5, 5.41) is 12.6. The number of pyridine rings is 2. The Morgan fingerprint density at radius 3 is 2.97 bits per heavy atom. The zero-order valence-corrected chi connectivity index (χ0v) is 16.4. The molecule has 9 heteroatoms. The number of amides is 2. The molecular formula is C20H20N4O4S. The maximum atomic E-state index is 12.9. The third kappa shape index (κ3) is 3.98. The zero-order chi connectivity index (χ0) is 20.2. The summed E-state index contributed by atoms with van der Waals surface area (Å²) < 4.78 is 5.98. The largest absolute Gasteiger partial charge is 0.395 e. The van der Waals surface area contributed by atoms with Crippen molar-refractivity contribution in [2.45, 2.75) is 6.10 Å². The number of fused-ring (bicyclic) bond motifs is 1. The second-order valence-electron chi connectivity index (χ2n) is 6.53. The first-order valence-corrected chi connectivity index (χ1v) is 10.1. The molecule has 3 aromatic heterocycles. The Morgan fingerprint density at radius 1 is 1.31 bits per heavy atom. The van der Waals surface area contributed by atoms with Gasteiger partial charge in [0, 0.05) is 42.6 Å². The van der Waals surface area contributed by atoms with E-state index in [2.05, 4.69) is 15.3 Å². The van der Waals surface area contributed by atoms with E-state index in [1.165, 1.54) is 11.3 Å². The van der Waals surface area contributed by atoms with E-state index in [1.54, 1.807) is 35.6 Å². The number of ether oxygens (including phenoxy) is 1. The zero-order valence-electron chi connectivity index (χ0n) is 15.6. The minimum atomic E-state index is -0.447. The third-order valence-electron chi connectivity index (χ3n) is 4.69. The first-order chi connectivity index (χ1) is 14.2. The summed E-state index contributed by atoms with van der Waals surface area (Å²) >= 11 is 1.28. The molecule has 2 N–H and O–H groups in total. The Bertz CT molecular complexity index is 1020. The number of nitrogens with one attached hydrogen (secondary N) is 1. The SMILES string of the molecule is O=C(NCCO)c1sc2ncccc2c1C1CN(C(=O)c2cccnc2)CCO1. The lowest BCUT2D eigenvalue weighted by atomic mass is 10.0. The third-order valence-corrected chi connectivity index (χ3v) is 5.82. The van der Waals surface area contributed by atoms with Gasteiger partial charge in [0.2, 0.25) is 0 Å². The quantitative estimate of drug-likeness (QED) is 0.660. The summed E-state index contributed by atoms with van der Waals surface area (Å²) in [6, 6.07) is 7.18. The molecule has 4 rings (SSSR count). The van der Waals surface area contributed by atoms with E-state index in [0.717, 1.165) is 15.8 Å². The van der Waals surface area contributed by atoms with Crippen LogP contribution in [0.4, 0.5) is 0 Å². The van der Waals surface area contributed by atoms with Gasteiger partial charge in [0.1, 0.15) is 15.8 Å². The first kappa shape index (κ1) is 19.4. The molecule has 0 bridgehead atoms. The Morgan fingerprint density at radius 2 is 2.17 bits per heavy atom. The monoisotopic (exact) mass is 412 g/mol. The van der Waals surface area contributed by atoms with Gasteiger partial charge in [-0.25, -0.2) is 4.98 Å². The predicted molar refractivity (Wildman–Crippen MR) is 108 cm³/mol. The van der Waals surface area contributed by atoms with Crippen molar-refractivity contribution in [1.82, 2.24) is 20.2 Å². The predicted octanol–water partition coefficient (Wildman–Crippen LogP) is 1.63. The van der Waals surface area contributed by atoms with E-state index in [9.17, 15) is 9.59 Å². The number of hydrogen-bond donors (Lipinski definition) is 2. The number of morpholine rings is 1. The van der Waals surface area contributed by atoms with E-state index in [-0.39, 0.29) is 25.0 Å². The minimum absolute atomic E-state index is 0.115. The second kappa shape index (κ2) is 8.64. The van der Waals surface area contributed by atoms with Crippen LogP contribution in [0.3, 0.4) is 0 Å². The molecule has 3 aromatic rings. The smallest absolute Gasteiger partial charge is 0.261 e. The highest BCUT2D eigenvalue weighted by Gasteiger charge is 2.32. The lowest BCUT2D eigenvalue weighted by Gasteiger charge is -2.33. The molecule has 4 heterocycles. The van der Waals surface area contributed by atoms with Crippen LogP contribution in [0.25, 0.3) is 10.2 Å². The normalized spacial score (nSPS) is 16.7. The number of carbonyl (C=O) groups is 2. The molecule has 8 nitrogen and oxygen atoms in total. The number of nitrogens with zero attached hydrogens (tertiary/aromatic N) is 3. The van der Waals surface area contributed by atoms with Crippen LogP contribution in [0.15, 0.2) is 42.9 Å². The van der Waals surface area contributed by atoms with Gasteiger partial charge in [-0.3, -0.25) is 14.6 Å². The Labute approximate surface area is 171 Å². The number of hydrogen-bond acceptors (Lipinski definition) is 7. The van der Waals surface area contributed by atoms with Gasteiger partial charge in [0.25, 0.3) is 11.8 Å². The summed E-state index contributed by atoms with van der Waals surface area (Å²) in [6.45, 7) is 1.19. The van der Waals surface area contributed by atoms with Crippen LogP contribution in [0.2, 0.25) is 0 Å². The molecule has 0 aliphatic carbocycles. The van der Waals surface area contributed by atoms with E-state index < -0.39 is 6.10 Å². The number of rotatable bonds is 5. The average Bonchev–Trinajstić information content (AvgIpc) is 3.17. The number of aliphatic hydroxyl groups is 1. The number of aliphatic hydroxyl groups excluding tert-OH is 1. The van der Waals surface area contributed by atoms with E-state index in [0.29, 0.717) is 30.1 Å². The van der Waals surface area contributed by atoms with Gasteiger partial charge in [-0.05, 0) is 18.2 Å². The number of thiophene rings is 1. The second-order valence-corrected chi connectivity index (χ2v) is 7.53. The molecule has 0 spiro atoms. The standard InChI is InChI=1S/C20H20N4O4S/c25-9-7-22-18(26)17-16(14-4-2-6-23-19(14)29-17)15-12-24(8-10-28-15)20(27)13-3-1-5-21-11-13/h1-6,11,15,25H,7-10,12H2,(H,22,26). The topological polar surface area (TPSA) is 105 Å². The summed E-state index contributed by atoms with van der Waals surface area (Å²) in [4.78, 5) is 36.9. The van der Waals surface area contributed by atoms with Crippen LogP contribution < -0.4 is 5.32 Å². The maximum absolute atomic E-state index is 12.9. The molecule has 0 radical (unpaired) electrons. The first-order valence-electron chi connectivity index (χ1n) is 9.26. The summed E-state index contributed by atoms with van der Waals surface area (Å²) in [5.74, 6) is -0.397. The fourth-order valence-electron chi connectivity index (χ4n) is 3.37. The van der Waals surface area contributed by atoms with Crippen molar-refractivity contribution in [1.29, 1.82) is 0 Å². The highest BCUT2D eigenvalue weighted by Crippen LogP contribution is 2.37. The van der Waals surface area contributed by atoms with Crippen molar-refractivity contribution in [3.05, 3.63) is 58.9 Å². The van der Waals surface area contributed by atoms with Gasteiger partial charge in [-0.1, -0.05) is 6.07 Å². The van der Waals surface area contributed by atoms with Crippen LogP contribution in [0.5, 0.6) is 0 Å². The lowest BCUT2D eigenvalue weighted by Crippen LogP contribution is -2.42. The van der Waals surface area contributed by atoms with Crippen molar-refractivity contribution < 1.29 is 19.4 Å². The van der Waals surface area contributed by atoms with Gasteiger partial charge < -0.3 is 20.1 Å². The molecule has 0 aromatic carbocycles. The fourth-order valence-corrected chi connectivity index (χ4v) is 4.48. The fraction of sp³-hybridized carbons (Fsp3) is 0.300. The van der Waals surface area contributed by atoms with Crippen molar-refractivity contribution in [2.75, 3.05) is 32.8 Å². The Kier molecular flexibility index (Phi) is 5.79. The molecule has 150 valence electrons. The lowest BCUT2D eigenvalue weighted by molar-refractivity contribution is -0.0222. The summed E-state index contributed by atoms with van der Waals surface area (Å²) in [7, 11) is 0. The Hall–Kier alpha value is -2.88. The van der Waals surface area contributed by atoms with Gasteiger partial charge in [0.05, 0.1) is 25.3 Å². The van der Waals surface area contributed by atoms with Gasteiger partial charge in [-0.15, -0.1) is 11.3 Å². The van der Waals surface area contributed by atoms with Crippen molar-refractivity contribution in [2.24, 2.45) is 0 Å². The average molecular weight is 412 g/mol. The van der Waals surface area contributed by atoms with Crippen molar-refractivity contribution in [3.63, 3.8) is 0 Å². The van der Waals surface area contributed by atoms with Crippen LogP contribution in [-0.2, 0) is 4.74 Å². The van der Waals surface area contributed by atoms with E-state index in [4.69, 9.17) is 9.84 Å². The minimum Gasteiger partial charge on any atom is -0.395 e. The summed E-state index contributed by atoms with van der Waals surface area (Å²) in [5.41, 5.74) is 1.25. The Balaban J connectivity index is 1.66. The molecule has 1 aliphatic heterocycles. The van der Waals surface area contributed by atoms with Crippen LogP contribution in [-0.4, -0.2) is 64.6 Å². The van der Waals surface area contributed by atoms with Crippen molar-refractivity contribution >= 4 is 33.4 Å². The molecule has 1 saturated heterocycles. The van der Waals surface area contributed by atoms with Gasteiger partial charge >= 0.3 is 0 Å². The van der Waals surface area contributed by atoms with Crippen LogP contribution in [0, 0.1) is 0 Å². The van der Waals surface area contributed by atoms with Crippen LogP contribution in [0.1, 0.15) is 31.7 Å². The number of aromatic nitrogens is 2. The number of carbonyl (C=O) groups excluding carboxylic acids is 2. The highest BCUT2D eigenvalue weighted by molar-refractivity contribution is 7.20. The van der Waals surface area contributed by atoms with Crippen molar-refractivity contribution in [3.8, 4) is 0 Å². The van der Waals surface area contributed by atoms with Gasteiger partial charge in [0.15, 0.2) is 0 Å². The molecule has 1 unspecified atom stereocenters. The molecule has 29 heavy (non-hydrogen) atoms. The van der Waals surface area contributed by atoms with Gasteiger partial charge in [-0.2, -0.15) is 0 Å². The molecule has 1 atom stereocenters. The molecule has 1 fully saturated rings. The highest BCUT2D eigenvalue weighted by atomic mass is 32.1.